The van der Waals surface area contributed by atoms with Crippen molar-refractivity contribution in [1.82, 2.24) is 9.97 Å². The van der Waals surface area contributed by atoms with Crippen LogP contribution in [-0.4, -0.2) is 23.2 Å². The predicted octanol–water partition coefficient (Wildman–Crippen LogP) is 5.43. The van der Waals surface area contributed by atoms with Gasteiger partial charge in [0.25, 0.3) is 0 Å². The Hall–Kier alpha value is -3.54. The van der Waals surface area contributed by atoms with Crippen LogP contribution in [0.1, 0.15) is 13.8 Å². The van der Waals surface area contributed by atoms with E-state index in [1.54, 1.807) is 6.26 Å². The first-order valence-electron chi connectivity index (χ1n) is 9.23. The number of aromatic nitrogens is 2. The van der Waals surface area contributed by atoms with Crippen molar-refractivity contribution in [3.8, 4) is 22.8 Å². The third-order valence-corrected chi connectivity index (χ3v) is 4.23. The number of nitrogens with one attached hydrogen (secondary N) is 1. The molecule has 0 aliphatic heterocycles. The Morgan fingerprint density at radius 3 is 2.50 bits per heavy atom. The number of benzene rings is 2. The molecule has 1 N–H and O–H groups in total. The number of ether oxygens (including phenoxy) is 2. The highest BCUT2D eigenvalue weighted by Crippen LogP contribution is 2.35. The Morgan fingerprint density at radius 2 is 1.75 bits per heavy atom. The lowest BCUT2D eigenvalue weighted by Gasteiger charge is -2.14. The number of fused-ring (bicyclic) bond motifs is 1. The molecule has 6 heteroatoms. The van der Waals surface area contributed by atoms with Gasteiger partial charge in [0.05, 0.1) is 25.0 Å². The van der Waals surface area contributed by atoms with Crippen molar-refractivity contribution in [3.63, 3.8) is 0 Å². The van der Waals surface area contributed by atoms with Crippen molar-refractivity contribution in [2.24, 2.45) is 0 Å². The number of nitrogens with zero attached hydrogens (tertiary/aromatic N) is 2. The SMILES string of the molecule is CCOc1cc2ncnc(Nc3cccc(-c4ccco4)c3)c2cc1OCC. The molecule has 0 unspecified atom stereocenters. The van der Waals surface area contributed by atoms with Crippen LogP contribution >= 0.6 is 0 Å². The first-order chi connectivity index (χ1) is 13.8. The van der Waals surface area contributed by atoms with Gasteiger partial charge in [-0.2, -0.15) is 0 Å². The summed E-state index contributed by atoms with van der Waals surface area (Å²) in [6.45, 7) is 4.99. The second kappa shape index (κ2) is 8.00. The first-order valence-corrected chi connectivity index (χ1v) is 9.23. The summed E-state index contributed by atoms with van der Waals surface area (Å²) < 4.78 is 16.9. The van der Waals surface area contributed by atoms with E-state index < -0.39 is 0 Å². The summed E-state index contributed by atoms with van der Waals surface area (Å²) >= 11 is 0. The van der Waals surface area contributed by atoms with Crippen molar-refractivity contribution >= 4 is 22.4 Å². The number of hydrogen-bond donors (Lipinski definition) is 1. The van der Waals surface area contributed by atoms with Gasteiger partial charge < -0.3 is 19.2 Å². The van der Waals surface area contributed by atoms with Gasteiger partial charge in [-0.1, -0.05) is 12.1 Å². The molecule has 142 valence electrons. The second-order valence-corrected chi connectivity index (χ2v) is 6.09. The van der Waals surface area contributed by atoms with Crippen LogP contribution in [0.15, 0.2) is 65.5 Å². The number of anilines is 2. The molecule has 0 bridgehead atoms. The molecule has 0 amide bonds. The molecule has 2 heterocycles. The summed E-state index contributed by atoms with van der Waals surface area (Å²) in [5.74, 6) is 2.88. The molecule has 0 atom stereocenters. The van der Waals surface area contributed by atoms with Gasteiger partial charge in [-0.3, -0.25) is 0 Å². The summed E-state index contributed by atoms with van der Waals surface area (Å²) in [5.41, 5.74) is 2.68. The van der Waals surface area contributed by atoms with Gasteiger partial charge in [0.2, 0.25) is 0 Å². The highest BCUT2D eigenvalue weighted by atomic mass is 16.5. The smallest absolute Gasteiger partial charge is 0.163 e. The Labute approximate surface area is 163 Å². The van der Waals surface area contributed by atoms with Crippen LogP contribution in [0, 0.1) is 0 Å². The fourth-order valence-electron chi connectivity index (χ4n) is 3.03. The molecule has 0 saturated carbocycles. The summed E-state index contributed by atoms with van der Waals surface area (Å²) in [4.78, 5) is 8.81. The molecule has 0 aliphatic carbocycles. The molecule has 0 aliphatic rings. The van der Waals surface area contributed by atoms with Crippen LogP contribution in [0.4, 0.5) is 11.5 Å². The lowest BCUT2D eigenvalue weighted by Crippen LogP contribution is -2.01. The molecule has 2 aromatic heterocycles. The fourth-order valence-corrected chi connectivity index (χ4v) is 3.03. The van der Waals surface area contributed by atoms with Gasteiger partial charge in [-0.15, -0.1) is 0 Å². The normalized spacial score (nSPS) is 10.8. The molecule has 0 radical (unpaired) electrons. The number of hydrogen-bond acceptors (Lipinski definition) is 6. The summed E-state index contributed by atoms with van der Waals surface area (Å²) in [6, 6.07) is 15.6. The molecule has 28 heavy (non-hydrogen) atoms. The molecule has 2 aromatic carbocycles. The molecule has 4 rings (SSSR count). The summed E-state index contributed by atoms with van der Waals surface area (Å²) in [6.07, 6.45) is 3.20. The van der Waals surface area contributed by atoms with E-state index in [1.807, 2.05) is 62.4 Å². The van der Waals surface area contributed by atoms with Crippen molar-refractivity contribution < 1.29 is 13.9 Å². The topological polar surface area (TPSA) is 69.4 Å². The van der Waals surface area contributed by atoms with Crippen LogP contribution in [0.2, 0.25) is 0 Å². The van der Waals surface area contributed by atoms with Crippen LogP contribution in [0.5, 0.6) is 11.5 Å². The van der Waals surface area contributed by atoms with E-state index in [9.17, 15) is 0 Å². The zero-order valence-corrected chi connectivity index (χ0v) is 15.8. The summed E-state index contributed by atoms with van der Waals surface area (Å²) in [7, 11) is 0. The van der Waals surface area contributed by atoms with E-state index >= 15 is 0 Å². The molecule has 0 saturated heterocycles. The minimum absolute atomic E-state index is 0.549. The van der Waals surface area contributed by atoms with Gasteiger partial charge in [0, 0.05) is 22.7 Å². The van der Waals surface area contributed by atoms with E-state index in [0.29, 0.717) is 30.5 Å². The Kier molecular flexibility index (Phi) is 5.10. The van der Waals surface area contributed by atoms with E-state index in [2.05, 4.69) is 15.3 Å². The van der Waals surface area contributed by atoms with E-state index in [0.717, 1.165) is 27.9 Å². The Bertz CT molecular complexity index is 1080. The Morgan fingerprint density at radius 1 is 0.929 bits per heavy atom. The van der Waals surface area contributed by atoms with Crippen molar-refractivity contribution in [1.29, 1.82) is 0 Å². The highest BCUT2D eigenvalue weighted by Gasteiger charge is 2.12. The lowest BCUT2D eigenvalue weighted by molar-refractivity contribution is 0.288. The number of furan rings is 1. The quantitative estimate of drug-likeness (QED) is 0.464. The van der Waals surface area contributed by atoms with Crippen LogP contribution in [0.3, 0.4) is 0 Å². The van der Waals surface area contributed by atoms with Crippen LogP contribution < -0.4 is 14.8 Å². The van der Waals surface area contributed by atoms with E-state index in [-0.39, 0.29) is 0 Å². The number of rotatable bonds is 7. The average Bonchev–Trinajstić information content (AvgIpc) is 3.24. The van der Waals surface area contributed by atoms with Gasteiger partial charge in [0.1, 0.15) is 17.9 Å². The van der Waals surface area contributed by atoms with Gasteiger partial charge >= 0.3 is 0 Å². The summed E-state index contributed by atoms with van der Waals surface area (Å²) in [5, 5.41) is 4.24. The Balaban J connectivity index is 1.73. The molecule has 6 nitrogen and oxygen atoms in total. The second-order valence-electron chi connectivity index (χ2n) is 6.09. The maximum atomic E-state index is 5.75. The molecule has 0 fully saturated rings. The fraction of sp³-hybridized carbons (Fsp3) is 0.182. The average molecular weight is 375 g/mol. The van der Waals surface area contributed by atoms with Crippen LogP contribution in [-0.2, 0) is 0 Å². The molecular weight excluding hydrogens is 354 g/mol. The maximum absolute atomic E-state index is 5.75. The standard InChI is InChI=1S/C22H21N3O3/c1-3-26-20-12-17-18(13-21(20)27-4-2)23-14-24-22(17)25-16-8-5-7-15(11-16)19-9-6-10-28-19/h5-14H,3-4H2,1-2H3,(H,23,24,25). The van der Waals surface area contributed by atoms with Crippen molar-refractivity contribution in [2.75, 3.05) is 18.5 Å². The monoisotopic (exact) mass is 375 g/mol. The minimum atomic E-state index is 0.549. The van der Waals surface area contributed by atoms with E-state index in [4.69, 9.17) is 13.9 Å². The van der Waals surface area contributed by atoms with Gasteiger partial charge in [-0.05, 0) is 44.2 Å². The van der Waals surface area contributed by atoms with Gasteiger partial charge in [-0.25, -0.2) is 9.97 Å². The van der Waals surface area contributed by atoms with E-state index in [1.165, 1.54) is 6.33 Å². The van der Waals surface area contributed by atoms with Crippen molar-refractivity contribution in [2.45, 2.75) is 13.8 Å². The van der Waals surface area contributed by atoms with Crippen LogP contribution in [0.25, 0.3) is 22.2 Å². The van der Waals surface area contributed by atoms with Gasteiger partial charge in [0.15, 0.2) is 11.5 Å². The zero-order chi connectivity index (χ0) is 19.3. The largest absolute Gasteiger partial charge is 0.490 e. The molecule has 0 spiro atoms. The maximum Gasteiger partial charge on any atom is 0.163 e. The highest BCUT2D eigenvalue weighted by molar-refractivity contribution is 5.93. The third-order valence-electron chi connectivity index (χ3n) is 4.23. The zero-order valence-electron chi connectivity index (χ0n) is 15.8. The van der Waals surface area contributed by atoms with Crippen molar-refractivity contribution in [3.05, 3.63) is 61.1 Å². The first kappa shape index (κ1) is 17.9. The predicted molar refractivity (Wildman–Crippen MR) is 109 cm³/mol. The minimum Gasteiger partial charge on any atom is -0.490 e. The molecule has 4 aromatic rings. The molecular formula is C22H21N3O3. The third kappa shape index (κ3) is 3.62. The lowest BCUT2D eigenvalue weighted by atomic mass is 10.1.